The monoisotopic (exact) mass is 636 g/mol. The fraction of sp³-hybridized carbons (Fsp3) is 0.0606. The molecular weight excluding hydrogens is 616 g/mol. The molecule has 6 rings (SSSR count). The van der Waals surface area contributed by atoms with Gasteiger partial charge in [0.25, 0.3) is 5.91 Å². The van der Waals surface area contributed by atoms with Gasteiger partial charge in [0, 0.05) is 27.6 Å². The molecule has 12 heteroatoms. The zero-order chi connectivity index (χ0) is 31.7. The van der Waals surface area contributed by atoms with Gasteiger partial charge in [0.1, 0.15) is 10.7 Å². The molecule has 1 aliphatic rings. The Labute approximate surface area is 264 Å². The zero-order valence-corrected chi connectivity index (χ0v) is 25.0. The van der Waals surface area contributed by atoms with Crippen LogP contribution in [-0.4, -0.2) is 51.1 Å². The second-order valence-electron chi connectivity index (χ2n) is 9.78. The number of esters is 1. The topological polar surface area (TPSA) is 137 Å². The third-order valence-electron chi connectivity index (χ3n) is 7.06. The summed E-state index contributed by atoms with van der Waals surface area (Å²) in [7, 11) is 1.07. The van der Waals surface area contributed by atoms with Gasteiger partial charge >= 0.3 is 5.97 Å². The van der Waals surface area contributed by atoms with Crippen molar-refractivity contribution in [1.29, 1.82) is 0 Å². The molecule has 45 heavy (non-hydrogen) atoms. The van der Waals surface area contributed by atoms with Gasteiger partial charge in [-0.25, -0.2) is 9.67 Å². The molecule has 10 nitrogen and oxygen atoms in total. The lowest BCUT2D eigenvalue weighted by molar-refractivity contribution is -0.149. The number of benzene rings is 3. The Morgan fingerprint density at radius 2 is 1.47 bits per heavy atom. The summed E-state index contributed by atoms with van der Waals surface area (Å²) in [6.07, 6.45) is 0. The first kappa shape index (κ1) is 29.5. The van der Waals surface area contributed by atoms with Gasteiger partial charge in [-0.1, -0.05) is 96.5 Å². The molecule has 0 fully saturated rings. The molecular formula is C33H21ClN4O6S. The molecule has 2 aromatic heterocycles. The number of Topliss-reactive ketones (excluding diaryl/α,β-unsaturated/α-hetero) is 3. The first-order valence-corrected chi connectivity index (χ1v) is 14.7. The summed E-state index contributed by atoms with van der Waals surface area (Å²) in [5, 5.41) is 8.14. The Hall–Kier alpha value is -5.52. The van der Waals surface area contributed by atoms with E-state index in [9.17, 15) is 24.0 Å². The van der Waals surface area contributed by atoms with Crippen molar-refractivity contribution in [2.45, 2.75) is 5.92 Å². The second kappa shape index (κ2) is 12.2. The summed E-state index contributed by atoms with van der Waals surface area (Å²) in [6.45, 7) is 0. The summed E-state index contributed by atoms with van der Waals surface area (Å²) in [4.78, 5) is 69.8. The van der Waals surface area contributed by atoms with Crippen molar-refractivity contribution in [3.05, 3.63) is 124 Å². The van der Waals surface area contributed by atoms with Crippen molar-refractivity contribution in [2.75, 3.05) is 7.11 Å². The molecule has 0 saturated carbocycles. The average molecular weight is 637 g/mol. The maximum atomic E-state index is 13.4. The number of amides is 1. The van der Waals surface area contributed by atoms with Crippen LogP contribution in [0.25, 0.3) is 27.6 Å². The highest BCUT2D eigenvalue weighted by atomic mass is 35.5. The highest BCUT2D eigenvalue weighted by Gasteiger charge is 2.39. The second-order valence-corrected chi connectivity index (χ2v) is 11.0. The van der Waals surface area contributed by atoms with E-state index in [-0.39, 0.29) is 16.8 Å². The molecule has 0 radical (unpaired) electrons. The predicted molar refractivity (Wildman–Crippen MR) is 166 cm³/mol. The van der Waals surface area contributed by atoms with Gasteiger partial charge in [0.2, 0.25) is 22.5 Å². The number of nitrogens with zero attached hydrogens (tertiary/aromatic N) is 3. The molecule has 1 aliphatic carbocycles. The normalized spacial score (nSPS) is 13.3. The lowest BCUT2D eigenvalue weighted by Gasteiger charge is -2.18. The maximum absolute atomic E-state index is 13.4. The van der Waals surface area contributed by atoms with Crippen LogP contribution in [0.5, 0.6) is 0 Å². The maximum Gasteiger partial charge on any atom is 0.323 e. The molecule has 3 aromatic carbocycles. The average Bonchev–Trinajstić information content (AvgIpc) is 3.74. The van der Waals surface area contributed by atoms with E-state index in [1.807, 2.05) is 66.7 Å². The van der Waals surface area contributed by atoms with Crippen LogP contribution in [0.2, 0.25) is 0 Å². The zero-order valence-electron chi connectivity index (χ0n) is 23.4. The third kappa shape index (κ3) is 5.50. The highest BCUT2D eigenvalue weighted by molar-refractivity contribution is 7.12. The van der Waals surface area contributed by atoms with Gasteiger partial charge in [-0.05, 0) is 6.07 Å². The van der Waals surface area contributed by atoms with Crippen molar-refractivity contribution in [2.24, 2.45) is 0 Å². The molecule has 0 aliphatic heterocycles. The van der Waals surface area contributed by atoms with E-state index >= 15 is 0 Å². The van der Waals surface area contributed by atoms with Crippen LogP contribution in [0.4, 0.5) is 0 Å². The van der Waals surface area contributed by atoms with Gasteiger partial charge < -0.3 is 10.1 Å². The SMILES string of the molecule is COC(=O)C(C(=O)C(=O)NC1=C(Cl)C(=O)c2ccccc2C1=O)c1csc(-n2nc(-c3ccccc3)cc2-c2ccccc2)n1. The van der Waals surface area contributed by atoms with E-state index in [4.69, 9.17) is 21.4 Å². The number of ketones is 3. The number of carbonyl (C=O) groups is 5. The fourth-order valence-corrected chi connectivity index (χ4v) is 5.89. The van der Waals surface area contributed by atoms with Crippen LogP contribution in [0.15, 0.2) is 107 Å². The van der Waals surface area contributed by atoms with Gasteiger partial charge in [0.15, 0.2) is 5.92 Å². The number of hydrogen-bond donors (Lipinski definition) is 1. The largest absolute Gasteiger partial charge is 0.468 e. The standard InChI is InChI=1S/C33H21ClN4O6S/c1-44-32(43)25(30(41)31(42)36-27-26(34)28(39)20-14-8-9-15-21(20)29(27)40)23-17-45-33(35-23)38-24(19-12-6-3-7-13-19)16-22(37-38)18-10-4-2-5-11-18/h2-17,25H,1H3,(H,36,42). The van der Waals surface area contributed by atoms with Crippen LogP contribution >= 0.6 is 22.9 Å². The van der Waals surface area contributed by atoms with Gasteiger partial charge in [-0.3, -0.25) is 24.0 Å². The van der Waals surface area contributed by atoms with Crippen LogP contribution in [0, 0.1) is 0 Å². The lowest BCUT2D eigenvalue weighted by Crippen LogP contribution is -2.40. The number of methoxy groups -OCH3 is 1. The van der Waals surface area contributed by atoms with E-state index < -0.39 is 45.9 Å². The van der Waals surface area contributed by atoms with E-state index in [1.54, 1.807) is 16.8 Å². The Bertz CT molecular complexity index is 2030. The number of allylic oxidation sites excluding steroid dienone is 2. The quantitative estimate of drug-likeness (QED) is 0.141. The summed E-state index contributed by atoms with van der Waals surface area (Å²) < 4.78 is 6.44. The Morgan fingerprint density at radius 1 is 0.867 bits per heavy atom. The number of fused-ring (bicyclic) bond motifs is 1. The number of nitrogens with one attached hydrogen (secondary N) is 1. The van der Waals surface area contributed by atoms with Crippen molar-refractivity contribution >= 4 is 52.2 Å². The molecule has 1 N–H and O–H groups in total. The summed E-state index contributed by atoms with van der Waals surface area (Å²) in [5.41, 5.74) is 2.57. The molecule has 2 heterocycles. The molecule has 222 valence electrons. The number of carbonyl (C=O) groups excluding carboxylic acids is 5. The number of rotatable bonds is 8. The first-order chi connectivity index (χ1) is 21.8. The van der Waals surface area contributed by atoms with Crippen molar-refractivity contribution in [1.82, 2.24) is 20.1 Å². The van der Waals surface area contributed by atoms with Gasteiger partial charge in [0.05, 0.1) is 24.2 Å². The number of aromatic nitrogens is 3. The lowest BCUT2D eigenvalue weighted by atomic mass is 9.92. The molecule has 1 amide bonds. The number of halogens is 1. The van der Waals surface area contributed by atoms with Crippen LogP contribution in [-0.2, 0) is 19.1 Å². The molecule has 1 unspecified atom stereocenters. The van der Waals surface area contributed by atoms with Crippen molar-refractivity contribution < 1.29 is 28.7 Å². The fourth-order valence-electron chi connectivity index (χ4n) is 4.84. The molecule has 0 saturated heterocycles. The minimum atomic E-state index is -1.77. The Morgan fingerprint density at radius 3 is 2.11 bits per heavy atom. The molecule has 0 bridgehead atoms. The van der Waals surface area contributed by atoms with Crippen LogP contribution in [0.3, 0.4) is 0 Å². The summed E-state index contributed by atoms with van der Waals surface area (Å²) in [5.74, 6) is -6.86. The Balaban J connectivity index is 1.33. The minimum absolute atomic E-state index is 0.0200. The van der Waals surface area contributed by atoms with E-state index in [0.29, 0.717) is 16.5 Å². The summed E-state index contributed by atoms with van der Waals surface area (Å²) >= 11 is 7.25. The molecule has 5 aromatic rings. The van der Waals surface area contributed by atoms with Crippen LogP contribution in [0.1, 0.15) is 32.3 Å². The number of thiazole rings is 1. The Kier molecular flexibility index (Phi) is 8.03. The predicted octanol–water partition coefficient (Wildman–Crippen LogP) is 5.13. The molecule has 0 spiro atoms. The summed E-state index contributed by atoms with van der Waals surface area (Å²) in [6, 6.07) is 26.9. The van der Waals surface area contributed by atoms with Crippen molar-refractivity contribution in [3.8, 4) is 27.6 Å². The van der Waals surface area contributed by atoms with Crippen LogP contribution < -0.4 is 5.32 Å². The minimum Gasteiger partial charge on any atom is -0.468 e. The first-order valence-electron chi connectivity index (χ1n) is 13.5. The molecule has 1 atom stereocenters. The number of hydrogen-bond acceptors (Lipinski definition) is 9. The van der Waals surface area contributed by atoms with E-state index in [0.717, 1.165) is 29.6 Å². The van der Waals surface area contributed by atoms with Gasteiger partial charge in [-0.2, -0.15) is 5.10 Å². The third-order valence-corrected chi connectivity index (χ3v) is 8.25. The smallest absolute Gasteiger partial charge is 0.323 e. The van der Waals surface area contributed by atoms with Crippen molar-refractivity contribution in [3.63, 3.8) is 0 Å². The highest BCUT2D eigenvalue weighted by Crippen LogP contribution is 2.32. The van der Waals surface area contributed by atoms with Gasteiger partial charge in [-0.15, -0.1) is 11.3 Å². The van der Waals surface area contributed by atoms with E-state index in [1.165, 1.54) is 17.5 Å². The van der Waals surface area contributed by atoms with E-state index in [2.05, 4.69) is 10.3 Å². The number of ether oxygens (including phenoxy) is 1.